The molecule has 4 aromatic rings. The van der Waals surface area contributed by atoms with Crippen LogP contribution in [0.25, 0.3) is 16.6 Å². The molecule has 2 aromatic heterocycles. The molecule has 1 fully saturated rings. The summed E-state index contributed by atoms with van der Waals surface area (Å²) in [5.41, 5.74) is 1.00. The average molecular weight is 553 g/mol. The zero-order chi connectivity index (χ0) is 26.8. The number of hydrogen-bond acceptors (Lipinski definition) is 7. The number of aromatic nitrogens is 4. The number of nitrogens with zero attached hydrogens (tertiary/aromatic N) is 3. The lowest BCUT2D eigenvalue weighted by atomic mass is 9.73. The third-order valence-electron chi connectivity index (χ3n) is 7.20. The van der Waals surface area contributed by atoms with Crippen molar-refractivity contribution in [1.29, 1.82) is 5.26 Å². The van der Waals surface area contributed by atoms with Crippen LogP contribution in [0, 0.1) is 11.3 Å². The number of nitrogens with one attached hydrogen (secondary N) is 3. The number of aromatic amines is 2. The first-order chi connectivity index (χ1) is 18.1. The van der Waals surface area contributed by atoms with Crippen molar-refractivity contribution in [2.75, 3.05) is 19.8 Å². The van der Waals surface area contributed by atoms with Crippen LogP contribution in [0.3, 0.4) is 0 Å². The molecule has 0 amide bonds. The van der Waals surface area contributed by atoms with Crippen LogP contribution in [0.1, 0.15) is 37.2 Å². The van der Waals surface area contributed by atoms with Gasteiger partial charge in [-0.2, -0.15) is 9.94 Å². The number of ether oxygens (including phenoxy) is 2. The molecule has 0 radical (unpaired) electrons. The van der Waals surface area contributed by atoms with E-state index in [2.05, 4.69) is 29.2 Å². The predicted octanol–water partition coefficient (Wildman–Crippen LogP) is 3.87. The SMILES string of the molecule is CC1(C)CNC2(CCOC2)c2[nH]c3ccc(Oc4c(Cl)cc(-n5nc(C#N)c(=O)[nH]c5=O)cc4Cl)cc3c21. The number of halogens is 2. The summed E-state index contributed by atoms with van der Waals surface area (Å²) in [5, 5.41) is 17.9. The molecular formula is C26H22Cl2N6O4. The number of nitriles is 1. The minimum Gasteiger partial charge on any atom is -0.454 e. The van der Waals surface area contributed by atoms with Crippen LogP contribution in [0.2, 0.25) is 10.0 Å². The van der Waals surface area contributed by atoms with Crippen LogP contribution >= 0.6 is 23.2 Å². The third kappa shape index (κ3) is 3.82. The summed E-state index contributed by atoms with van der Waals surface area (Å²) < 4.78 is 12.7. The maximum absolute atomic E-state index is 12.3. The Morgan fingerprint density at radius 3 is 2.61 bits per heavy atom. The van der Waals surface area contributed by atoms with Gasteiger partial charge < -0.3 is 19.8 Å². The van der Waals surface area contributed by atoms with Crippen LogP contribution in [-0.2, 0) is 15.7 Å². The fraction of sp³-hybridized carbons (Fsp3) is 0.308. The van der Waals surface area contributed by atoms with Gasteiger partial charge in [-0.15, -0.1) is 5.10 Å². The zero-order valence-corrected chi connectivity index (χ0v) is 22.0. The van der Waals surface area contributed by atoms with E-state index in [1.54, 1.807) is 6.07 Å². The van der Waals surface area contributed by atoms with Crippen molar-refractivity contribution in [2.45, 2.75) is 31.2 Å². The standard InChI is InChI=1S/C26H22Cl2N6O4/c1-25(2)11-30-26(5-6-37-12-26)22-20(25)15-9-14(3-4-18(15)31-22)38-21-16(27)7-13(8-17(21)28)34-24(36)32-23(35)19(10-29)33-34/h3-4,7-9,30-31H,5-6,11-12H2,1-2H3,(H,32,35,36). The van der Waals surface area contributed by atoms with Gasteiger partial charge in [0.05, 0.1) is 27.9 Å². The molecule has 1 saturated heterocycles. The minimum atomic E-state index is -0.876. The van der Waals surface area contributed by atoms with Gasteiger partial charge in [0.15, 0.2) is 5.75 Å². The van der Waals surface area contributed by atoms with Crippen molar-refractivity contribution < 1.29 is 9.47 Å². The molecule has 194 valence electrons. The van der Waals surface area contributed by atoms with Gasteiger partial charge in [0, 0.05) is 35.2 Å². The highest BCUT2D eigenvalue weighted by Crippen LogP contribution is 2.46. The van der Waals surface area contributed by atoms with Crippen molar-refractivity contribution in [3.05, 3.63) is 78.2 Å². The second-order valence-electron chi connectivity index (χ2n) is 10.2. The summed E-state index contributed by atoms with van der Waals surface area (Å²) in [6.45, 7) is 6.56. The van der Waals surface area contributed by atoms with E-state index in [0.29, 0.717) is 19.0 Å². The van der Waals surface area contributed by atoms with E-state index in [1.165, 1.54) is 17.7 Å². The Balaban J connectivity index is 1.40. The number of rotatable bonds is 3. The van der Waals surface area contributed by atoms with Gasteiger partial charge in [-0.25, -0.2) is 4.79 Å². The predicted molar refractivity (Wildman–Crippen MR) is 142 cm³/mol. The molecule has 6 rings (SSSR count). The fourth-order valence-corrected chi connectivity index (χ4v) is 5.85. The van der Waals surface area contributed by atoms with Crippen molar-refractivity contribution in [3.63, 3.8) is 0 Å². The topological polar surface area (TPSA) is 138 Å². The Morgan fingerprint density at radius 1 is 1.16 bits per heavy atom. The van der Waals surface area contributed by atoms with Crippen molar-refractivity contribution >= 4 is 34.1 Å². The highest BCUT2D eigenvalue weighted by Gasteiger charge is 2.47. The van der Waals surface area contributed by atoms with Crippen LogP contribution in [0.4, 0.5) is 0 Å². The molecule has 38 heavy (non-hydrogen) atoms. The quantitative estimate of drug-likeness (QED) is 0.350. The molecular weight excluding hydrogens is 531 g/mol. The Labute approximate surface area is 226 Å². The second-order valence-corrected chi connectivity index (χ2v) is 11.0. The summed E-state index contributed by atoms with van der Waals surface area (Å²) in [4.78, 5) is 29.6. The normalized spacial score (nSPS) is 20.0. The second kappa shape index (κ2) is 8.71. The molecule has 2 aliphatic heterocycles. The molecule has 2 aromatic carbocycles. The fourth-order valence-electron chi connectivity index (χ4n) is 5.30. The van der Waals surface area contributed by atoms with Crippen LogP contribution in [0.15, 0.2) is 39.9 Å². The lowest BCUT2D eigenvalue weighted by Gasteiger charge is -2.41. The minimum absolute atomic E-state index is 0.119. The maximum atomic E-state index is 12.3. The third-order valence-corrected chi connectivity index (χ3v) is 7.76. The molecule has 0 saturated carbocycles. The Kier molecular flexibility index (Phi) is 5.66. The molecule has 4 heterocycles. The van der Waals surface area contributed by atoms with E-state index < -0.39 is 16.9 Å². The smallest absolute Gasteiger partial charge is 0.349 e. The summed E-state index contributed by atoms with van der Waals surface area (Å²) in [6, 6.07) is 10.2. The van der Waals surface area contributed by atoms with Crippen LogP contribution < -0.4 is 21.3 Å². The van der Waals surface area contributed by atoms with Crippen LogP contribution in [0.5, 0.6) is 11.5 Å². The first-order valence-electron chi connectivity index (χ1n) is 11.9. The number of benzene rings is 2. The zero-order valence-electron chi connectivity index (χ0n) is 20.4. The van der Waals surface area contributed by atoms with Gasteiger partial charge in [-0.3, -0.25) is 9.78 Å². The molecule has 1 spiro atoms. The Morgan fingerprint density at radius 2 is 1.92 bits per heavy atom. The summed E-state index contributed by atoms with van der Waals surface area (Å²) in [5.74, 6) is 0.730. The lowest BCUT2D eigenvalue weighted by Crippen LogP contribution is -2.53. The first-order valence-corrected chi connectivity index (χ1v) is 12.7. The first kappa shape index (κ1) is 24.7. The highest BCUT2D eigenvalue weighted by atomic mass is 35.5. The van der Waals surface area contributed by atoms with E-state index in [1.807, 2.05) is 23.2 Å². The van der Waals surface area contributed by atoms with Crippen molar-refractivity contribution in [1.82, 2.24) is 25.1 Å². The van der Waals surface area contributed by atoms with Crippen molar-refractivity contribution in [2.24, 2.45) is 0 Å². The van der Waals surface area contributed by atoms with Crippen LogP contribution in [-0.4, -0.2) is 39.5 Å². The van der Waals surface area contributed by atoms with E-state index in [-0.39, 0.29) is 32.4 Å². The monoisotopic (exact) mass is 552 g/mol. The lowest BCUT2D eigenvalue weighted by molar-refractivity contribution is 0.155. The van der Waals surface area contributed by atoms with Gasteiger partial charge in [-0.1, -0.05) is 37.0 Å². The molecule has 1 unspecified atom stereocenters. The largest absolute Gasteiger partial charge is 0.454 e. The van der Waals surface area contributed by atoms with E-state index >= 15 is 0 Å². The van der Waals surface area contributed by atoms with Gasteiger partial charge >= 0.3 is 5.69 Å². The van der Waals surface area contributed by atoms with E-state index in [0.717, 1.165) is 34.2 Å². The number of fused-ring (bicyclic) bond motifs is 4. The molecule has 2 aliphatic rings. The molecule has 12 heteroatoms. The Hall–Kier alpha value is -3.62. The van der Waals surface area contributed by atoms with E-state index in [9.17, 15) is 9.59 Å². The van der Waals surface area contributed by atoms with Gasteiger partial charge in [0.2, 0.25) is 5.69 Å². The molecule has 10 nitrogen and oxygen atoms in total. The summed E-state index contributed by atoms with van der Waals surface area (Å²) >= 11 is 13.0. The molecule has 0 aliphatic carbocycles. The Bertz CT molecular complexity index is 1750. The highest BCUT2D eigenvalue weighted by molar-refractivity contribution is 6.37. The van der Waals surface area contributed by atoms with E-state index in [4.69, 9.17) is 37.9 Å². The molecule has 1 atom stereocenters. The summed E-state index contributed by atoms with van der Waals surface area (Å²) in [7, 11) is 0. The van der Waals surface area contributed by atoms with Gasteiger partial charge in [0.1, 0.15) is 11.8 Å². The van der Waals surface area contributed by atoms with Crippen molar-refractivity contribution in [3.8, 4) is 23.3 Å². The number of H-pyrrole nitrogens is 2. The van der Waals surface area contributed by atoms with Gasteiger partial charge in [0.25, 0.3) is 5.56 Å². The maximum Gasteiger partial charge on any atom is 0.349 e. The molecule has 0 bridgehead atoms. The average Bonchev–Trinajstić information content (AvgIpc) is 3.50. The van der Waals surface area contributed by atoms with Gasteiger partial charge in [-0.05, 0) is 42.3 Å². The number of hydrogen-bond donors (Lipinski definition) is 3. The molecule has 3 N–H and O–H groups in total. The summed E-state index contributed by atoms with van der Waals surface area (Å²) in [6.07, 6.45) is 0.896.